The Kier molecular flexibility index (Phi) is 6.58. The summed E-state index contributed by atoms with van der Waals surface area (Å²) >= 11 is 1.28. The number of hydrogen-bond donors (Lipinski definition) is 2. The zero-order valence-corrected chi connectivity index (χ0v) is 20.2. The minimum Gasteiger partial charge on any atom is -0.353 e. The molecule has 2 saturated carbocycles. The minimum atomic E-state index is -0.204. The van der Waals surface area contributed by atoms with Crippen LogP contribution in [-0.2, 0) is 11.8 Å². The summed E-state index contributed by atoms with van der Waals surface area (Å²) < 4.78 is 3.21. The Morgan fingerprint density at radius 1 is 1.00 bits per heavy atom. The molecule has 0 aliphatic heterocycles. The van der Waals surface area contributed by atoms with Crippen LogP contribution in [0.1, 0.15) is 68.1 Å². The number of aromatic nitrogens is 4. The number of hydrogen-bond acceptors (Lipinski definition) is 6. The molecule has 9 nitrogen and oxygen atoms in total. The third-order valence-electron chi connectivity index (χ3n) is 6.95. The highest BCUT2D eigenvalue weighted by Crippen LogP contribution is 2.24. The third-order valence-corrected chi connectivity index (χ3v) is 7.87. The highest BCUT2D eigenvalue weighted by atomic mass is 32.2. The first-order valence-corrected chi connectivity index (χ1v) is 13.1. The average molecular weight is 483 g/mol. The van der Waals surface area contributed by atoms with Crippen LogP contribution in [0.15, 0.2) is 28.2 Å². The molecule has 2 heterocycles. The van der Waals surface area contributed by atoms with Crippen molar-refractivity contribution in [3.8, 4) is 0 Å². The van der Waals surface area contributed by atoms with Gasteiger partial charge in [-0.25, -0.2) is 0 Å². The number of amides is 2. The Balaban J connectivity index is 1.43. The van der Waals surface area contributed by atoms with E-state index in [-0.39, 0.29) is 35.2 Å². The molecule has 0 unspecified atom stereocenters. The fourth-order valence-electron chi connectivity index (χ4n) is 5.08. The van der Waals surface area contributed by atoms with Gasteiger partial charge in [-0.2, -0.15) is 0 Å². The first-order valence-electron chi connectivity index (χ1n) is 12.1. The number of aryl methyl sites for hydroxylation is 1. The molecule has 0 spiro atoms. The second-order valence-electron chi connectivity index (χ2n) is 9.36. The fraction of sp³-hybridized carbons (Fsp3) is 0.542. The van der Waals surface area contributed by atoms with Gasteiger partial charge in [0.05, 0.1) is 16.7 Å². The zero-order valence-electron chi connectivity index (χ0n) is 19.4. The Labute approximate surface area is 201 Å². The van der Waals surface area contributed by atoms with Crippen molar-refractivity contribution in [3.63, 3.8) is 0 Å². The van der Waals surface area contributed by atoms with Crippen LogP contribution in [0.5, 0.6) is 0 Å². The molecule has 10 heteroatoms. The lowest BCUT2D eigenvalue weighted by Crippen LogP contribution is -2.37. The van der Waals surface area contributed by atoms with Crippen LogP contribution < -0.4 is 16.2 Å². The molecule has 3 aromatic rings. The quantitative estimate of drug-likeness (QED) is 0.523. The standard InChI is InChI=1S/C24H30N6O3S/c1-29-22(33)18-12-11-15(21(32)26-17-9-5-6-10-17)13-19(18)30-23(29)27-28-24(30)34-14-20(31)25-16-7-3-2-4-8-16/h11-13,16-17H,2-10,14H2,1H3,(H,25,31)(H,26,32). The molecular weight excluding hydrogens is 452 g/mol. The fourth-order valence-corrected chi connectivity index (χ4v) is 5.83. The molecule has 0 saturated heterocycles. The number of carbonyl (C=O) groups excluding carboxylic acids is 2. The van der Waals surface area contributed by atoms with Crippen molar-refractivity contribution in [2.45, 2.75) is 75.0 Å². The van der Waals surface area contributed by atoms with Gasteiger partial charge in [0.2, 0.25) is 11.7 Å². The van der Waals surface area contributed by atoms with Crippen LogP contribution in [0.25, 0.3) is 16.7 Å². The predicted molar refractivity (Wildman–Crippen MR) is 131 cm³/mol. The predicted octanol–water partition coefficient (Wildman–Crippen LogP) is 2.79. The van der Waals surface area contributed by atoms with E-state index >= 15 is 0 Å². The topological polar surface area (TPSA) is 110 Å². The molecule has 0 radical (unpaired) electrons. The van der Waals surface area contributed by atoms with E-state index in [0.29, 0.717) is 27.4 Å². The summed E-state index contributed by atoms with van der Waals surface area (Å²) in [6.07, 6.45) is 9.88. The summed E-state index contributed by atoms with van der Waals surface area (Å²) in [6.45, 7) is 0. The lowest BCUT2D eigenvalue weighted by atomic mass is 9.95. The van der Waals surface area contributed by atoms with Gasteiger partial charge in [-0.15, -0.1) is 10.2 Å². The number of carbonyl (C=O) groups is 2. The highest BCUT2D eigenvalue weighted by Gasteiger charge is 2.21. The van der Waals surface area contributed by atoms with E-state index in [4.69, 9.17) is 0 Å². The Morgan fingerprint density at radius 2 is 1.68 bits per heavy atom. The molecule has 0 atom stereocenters. The SMILES string of the molecule is Cn1c(=O)c2ccc(C(=O)NC3CCCC3)cc2n2c(SCC(=O)NC3CCCCC3)nnc12. The number of thioether (sulfide) groups is 1. The molecule has 0 bridgehead atoms. The van der Waals surface area contributed by atoms with Crippen LogP contribution in [0.2, 0.25) is 0 Å². The highest BCUT2D eigenvalue weighted by molar-refractivity contribution is 7.99. The van der Waals surface area contributed by atoms with Crippen LogP contribution in [0.3, 0.4) is 0 Å². The van der Waals surface area contributed by atoms with E-state index in [1.807, 2.05) is 0 Å². The summed E-state index contributed by atoms with van der Waals surface area (Å²) in [5, 5.41) is 15.7. The maximum absolute atomic E-state index is 12.9. The van der Waals surface area contributed by atoms with Gasteiger partial charge in [0.25, 0.3) is 11.5 Å². The van der Waals surface area contributed by atoms with Crippen LogP contribution in [0.4, 0.5) is 0 Å². The van der Waals surface area contributed by atoms with Crippen molar-refractivity contribution in [2.24, 2.45) is 7.05 Å². The Morgan fingerprint density at radius 3 is 2.41 bits per heavy atom. The maximum Gasteiger partial charge on any atom is 0.262 e. The first kappa shape index (κ1) is 22.9. The summed E-state index contributed by atoms with van der Waals surface area (Å²) in [7, 11) is 1.65. The van der Waals surface area contributed by atoms with E-state index in [9.17, 15) is 14.4 Å². The third kappa shape index (κ3) is 4.55. The molecule has 2 aliphatic rings. The zero-order chi connectivity index (χ0) is 23.7. The number of nitrogens with zero attached hydrogens (tertiary/aromatic N) is 4. The van der Waals surface area contributed by atoms with E-state index in [2.05, 4.69) is 20.8 Å². The number of nitrogens with one attached hydrogen (secondary N) is 2. The number of fused-ring (bicyclic) bond motifs is 3. The molecule has 2 N–H and O–H groups in total. The second kappa shape index (κ2) is 9.77. The smallest absolute Gasteiger partial charge is 0.262 e. The molecule has 180 valence electrons. The normalized spacial score (nSPS) is 17.4. The largest absolute Gasteiger partial charge is 0.353 e. The molecule has 5 rings (SSSR count). The molecule has 2 aromatic heterocycles. The van der Waals surface area contributed by atoms with Gasteiger partial charge in [-0.1, -0.05) is 43.9 Å². The van der Waals surface area contributed by atoms with E-state index < -0.39 is 0 Å². The lowest BCUT2D eigenvalue weighted by molar-refractivity contribution is -0.119. The van der Waals surface area contributed by atoms with E-state index in [1.165, 1.54) is 22.7 Å². The molecule has 2 amide bonds. The van der Waals surface area contributed by atoms with Gasteiger partial charge in [-0.05, 0) is 43.9 Å². The Hall–Kier alpha value is -2.88. The monoisotopic (exact) mass is 482 g/mol. The van der Waals surface area contributed by atoms with Crippen molar-refractivity contribution < 1.29 is 9.59 Å². The van der Waals surface area contributed by atoms with Crippen LogP contribution in [0, 0.1) is 0 Å². The van der Waals surface area contributed by atoms with Crippen molar-refractivity contribution in [2.75, 3.05) is 5.75 Å². The number of benzene rings is 1. The van der Waals surface area contributed by atoms with Gasteiger partial charge in [-0.3, -0.25) is 23.4 Å². The van der Waals surface area contributed by atoms with E-state index in [0.717, 1.165) is 51.4 Å². The van der Waals surface area contributed by atoms with Gasteiger partial charge in [0.15, 0.2) is 5.16 Å². The van der Waals surface area contributed by atoms with Gasteiger partial charge < -0.3 is 10.6 Å². The van der Waals surface area contributed by atoms with Crippen molar-refractivity contribution in [1.29, 1.82) is 0 Å². The molecule has 34 heavy (non-hydrogen) atoms. The second-order valence-corrected chi connectivity index (χ2v) is 10.3. The summed E-state index contributed by atoms with van der Waals surface area (Å²) in [5.41, 5.74) is 0.857. The Bertz CT molecular complexity index is 1290. The van der Waals surface area contributed by atoms with Gasteiger partial charge in [0, 0.05) is 24.7 Å². The van der Waals surface area contributed by atoms with Crippen molar-refractivity contribution in [3.05, 3.63) is 34.1 Å². The molecular formula is C24H30N6O3S. The summed E-state index contributed by atoms with van der Waals surface area (Å²) in [5.74, 6) is 0.418. The molecule has 1 aromatic carbocycles. The summed E-state index contributed by atoms with van der Waals surface area (Å²) in [6, 6.07) is 5.55. The summed E-state index contributed by atoms with van der Waals surface area (Å²) in [4.78, 5) is 38.3. The van der Waals surface area contributed by atoms with Crippen LogP contribution >= 0.6 is 11.8 Å². The van der Waals surface area contributed by atoms with Crippen LogP contribution in [-0.4, -0.2) is 48.8 Å². The maximum atomic E-state index is 12.9. The van der Waals surface area contributed by atoms with Gasteiger partial charge >= 0.3 is 0 Å². The minimum absolute atomic E-state index is 0.0283. The number of rotatable bonds is 6. The van der Waals surface area contributed by atoms with Crippen molar-refractivity contribution >= 4 is 40.3 Å². The molecule has 2 aliphatic carbocycles. The van der Waals surface area contributed by atoms with Gasteiger partial charge in [0.1, 0.15) is 0 Å². The molecule has 2 fully saturated rings. The van der Waals surface area contributed by atoms with E-state index in [1.54, 1.807) is 29.6 Å². The first-order chi connectivity index (χ1) is 16.5. The van der Waals surface area contributed by atoms with Crippen molar-refractivity contribution in [1.82, 2.24) is 29.8 Å². The lowest BCUT2D eigenvalue weighted by Gasteiger charge is -2.22. The average Bonchev–Trinajstić information content (AvgIpc) is 3.51.